The van der Waals surface area contributed by atoms with Crippen molar-refractivity contribution in [2.45, 2.75) is 0 Å². The molecule has 0 amide bonds. The molecule has 0 heterocycles. The Morgan fingerprint density at radius 1 is 1.50 bits per heavy atom. The van der Waals surface area contributed by atoms with E-state index >= 15 is 0 Å². The zero-order valence-electron chi connectivity index (χ0n) is 4.24. The van der Waals surface area contributed by atoms with Crippen LogP contribution < -0.4 is 12.4 Å². The second kappa shape index (κ2) is 5.87. The predicted molar refractivity (Wildman–Crippen MR) is 18.6 cm³/mol. The normalized spacial score (nSPS) is 8.17. The van der Waals surface area contributed by atoms with Crippen LogP contribution in [-0.4, -0.2) is 24.1 Å². The average molecular weight is 159 g/mol. The van der Waals surface area contributed by atoms with Crippen molar-refractivity contribution in [1.82, 2.24) is 4.90 Å². The molecule has 3 heteroatoms. The van der Waals surface area contributed by atoms with Gasteiger partial charge in [0.2, 0.25) is 0 Å². The molecule has 0 spiro atoms. The van der Waals surface area contributed by atoms with Gasteiger partial charge in [0.15, 0.2) is 0 Å². The monoisotopic (exact) mass is 157 g/mol. The van der Waals surface area contributed by atoms with E-state index in [1.54, 1.807) is 0 Å². The van der Waals surface area contributed by atoms with E-state index in [2.05, 4.69) is 19.0 Å². The van der Waals surface area contributed by atoms with Gasteiger partial charge in [0.1, 0.15) is 0 Å². The number of hydrogen-bond acceptors (Lipinski definition) is 1. The second-order valence-corrected chi connectivity index (χ2v) is 2.24. The van der Waals surface area contributed by atoms with Gasteiger partial charge < -0.3 is 12.4 Å². The summed E-state index contributed by atoms with van der Waals surface area (Å²) in [6, 6.07) is 0. The fourth-order valence-electron chi connectivity index (χ4n) is 0. The Balaban J connectivity index is 0. The van der Waals surface area contributed by atoms with Crippen molar-refractivity contribution < 1.29 is 30.7 Å². The van der Waals surface area contributed by atoms with Crippen LogP contribution in [-0.2, 0) is 18.3 Å². The van der Waals surface area contributed by atoms with E-state index in [1.165, 1.54) is 23.4 Å². The molecule has 0 aromatic rings. The summed E-state index contributed by atoms with van der Waals surface area (Å²) in [5.41, 5.74) is 0. The minimum absolute atomic E-state index is 0. The molecule has 0 saturated carbocycles. The van der Waals surface area contributed by atoms with Crippen LogP contribution in [0.25, 0.3) is 0 Å². The first-order chi connectivity index (χ1) is 2.27. The number of rotatable bonds is 1. The second-order valence-electron chi connectivity index (χ2n) is 1.30. The Morgan fingerprint density at radius 3 is 1.67 bits per heavy atom. The van der Waals surface area contributed by atoms with Crippen molar-refractivity contribution in [3.8, 4) is 0 Å². The topological polar surface area (TPSA) is 3.24 Å². The molecule has 0 aliphatic rings. The molecular formula is C3H8ClNZn. The maximum atomic E-state index is 2.18. The number of hydrogen-bond donors (Lipinski definition) is 0. The third-order valence-electron chi connectivity index (χ3n) is 0.447. The van der Waals surface area contributed by atoms with Gasteiger partial charge in [-0.05, 0) is 0 Å². The van der Waals surface area contributed by atoms with Gasteiger partial charge in [0.25, 0.3) is 0 Å². The van der Waals surface area contributed by atoms with Gasteiger partial charge in [0, 0.05) is 0 Å². The molecule has 0 unspecified atom stereocenters. The zero-order chi connectivity index (χ0) is 4.28. The third kappa shape index (κ3) is 8.86. The third-order valence-corrected chi connectivity index (χ3v) is 2.32. The first-order valence-electron chi connectivity index (χ1n) is 1.71. The average Bonchev–Trinajstić information content (AvgIpc) is 1.38. The molecule has 0 aromatic heterocycles. The van der Waals surface area contributed by atoms with Crippen molar-refractivity contribution in [1.29, 1.82) is 0 Å². The molecule has 0 fully saturated rings. The SMILES string of the molecule is CN(C)[CH2][Zn+].[Cl-]. The van der Waals surface area contributed by atoms with Crippen molar-refractivity contribution in [2.75, 3.05) is 19.2 Å². The van der Waals surface area contributed by atoms with Gasteiger partial charge in [-0.1, -0.05) is 0 Å². The smallest absolute Gasteiger partial charge is 1.00 e. The van der Waals surface area contributed by atoms with E-state index in [1.807, 2.05) is 0 Å². The molecule has 0 aromatic carbocycles. The maximum absolute atomic E-state index is 2.18. The molecule has 34 valence electrons. The first-order valence-corrected chi connectivity index (χ1v) is 3.81. The number of nitrogens with zero attached hydrogens (tertiary/aromatic N) is 1. The Morgan fingerprint density at radius 2 is 1.67 bits per heavy atom. The zero-order valence-corrected chi connectivity index (χ0v) is 7.96. The van der Waals surface area contributed by atoms with Crippen molar-refractivity contribution in [3.63, 3.8) is 0 Å². The molecule has 0 saturated heterocycles. The summed E-state index contributed by atoms with van der Waals surface area (Å²) < 4.78 is 0. The molecule has 0 N–H and O–H groups in total. The summed E-state index contributed by atoms with van der Waals surface area (Å²) in [5, 5.41) is 1.26. The standard InChI is InChI=1S/C3H8N.ClH.Zn/c1-4(2)3;;/h1H2,2-3H3;1H;/q;;+1/p-1. The van der Waals surface area contributed by atoms with E-state index < -0.39 is 0 Å². The van der Waals surface area contributed by atoms with Crippen molar-refractivity contribution in [3.05, 3.63) is 0 Å². The van der Waals surface area contributed by atoms with Gasteiger partial charge in [0.05, 0.1) is 0 Å². The van der Waals surface area contributed by atoms with Crippen LogP contribution in [0.1, 0.15) is 0 Å². The van der Waals surface area contributed by atoms with Crippen LogP contribution in [0.4, 0.5) is 0 Å². The van der Waals surface area contributed by atoms with Gasteiger partial charge in [-0.15, -0.1) is 0 Å². The Kier molecular flexibility index (Phi) is 9.77. The van der Waals surface area contributed by atoms with Crippen LogP contribution in [0.2, 0.25) is 0 Å². The molecule has 0 bridgehead atoms. The molecule has 0 atom stereocenters. The van der Waals surface area contributed by atoms with Crippen molar-refractivity contribution >= 4 is 0 Å². The minimum atomic E-state index is 0. The molecule has 0 aliphatic carbocycles. The van der Waals surface area contributed by atoms with Crippen LogP contribution >= 0.6 is 0 Å². The largest absolute Gasteiger partial charge is 1.00 e. The summed E-state index contributed by atoms with van der Waals surface area (Å²) in [6.07, 6.45) is 0. The summed E-state index contributed by atoms with van der Waals surface area (Å²) in [7, 11) is 4.17. The maximum Gasteiger partial charge on any atom is -1.00 e. The molecule has 0 aliphatic heterocycles. The van der Waals surface area contributed by atoms with Gasteiger partial charge in [-0.25, -0.2) is 0 Å². The number of halogens is 1. The Bertz CT molecular complexity index is 24.8. The minimum Gasteiger partial charge on any atom is -1.00 e. The van der Waals surface area contributed by atoms with Gasteiger partial charge in [-0.2, -0.15) is 0 Å². The van der Waals surface area contributed by atoms with E-state index in [9.17, 15) is 0 Å². The van der Waals surface area contributed by atoms with Gasteiger partial charge >= 0.3 is 42.4 Å². The van der Waals surface area contributed by atoms with Crippen LogP contribution in [0.5, 0.6) is 0 Å². The predicted octanol–water partition coefficient (Wildman–Crippen LogP) is -2.94. The van der Waals surface area contributed by atoms with Crippen LogP contribution in [0.3, 0.4) is 0 Å². The van der Waals surface area contributed by atoms with E-state index in [0.29, 0.717) is 0 Å². The van der Waals surface area contributed by atoms with Crippen LogP contribution in [0.15, 0.2) is 0 Å². The van der Waals surface area contributed by atoms with Gasteiger partial charge in [-0.3, -0.25) is 0 Å². The van der Waals surface area contributed by atoms with E-state index in [4.69, 9.17) is 0 Å². The molecule has 6 heavy (non-hydrogen) atoms. The summed E-state index contributed by atoms with van der Waals surface area (Å²) in [5.74, 6) is 0. The van der Waals surface area contributed by atoms with E-state index in [0.717, 1.165) is 0 Å². The molecule has 0 radical (unpaired) electrons. The summed E-state index contributed by atoms with van der Waals surface area (Å²) in [6.45, 7) is 0. The summed E-state index contributed by atoms with van der Waals surface area (Å²) >= 11 is 1.38. The fourth-order valence-corrected chi connectivity index (χ4v) is 0. The Labute approximate surface area is 55.2 Å². The van der Waals surface area contributed by atoms with E-state index in [-0.39, 0.29) is 12.4 Å². The molecule has 0 rings (SSSR count). The van der Waals surface area contributed by atoms with Crippen molar-refractivity contribution in [2.24, 2.45) is 0 Å². The molecule has 1 nitrogen and oxygen atoms in total. The Hall–Kier alpha value is 0.873. The molecular weight excluding hydrogens is 151 g/mol. The van der Waals surface area contributed by atoms with Crippen LogP contribution in [0, 0.1) is 0 Å². The first kappa shape index (κ1) is 9.98. The summed E-state index contributed by atoms with van der Waals surface area (Å²) in [4.78, 5) is 2.18. The quantitative estimate of drug-likeness (QED) is 0.370. The fraction of sp³-hybridized carbons (Fsp3) is 1.00.